The van der Waals surface area contributed by atoms with Crippen molar-refractivity contribution in [2.45, 2.75) is 38.9 Å². The second-order valence-corrected chi connectivity index (χ2v) is 6.54. The predicted octanol–water partition coefficient (Wildman–Crippen LogP) is 4.05. The Morgan fingerprint density at radius 3 is 2.68 bits per heavy atom. The summed E-state index contributed by atoms with van der Waals surface area (Å²) in [6.07, 6.45) is 1.27. The molecule has 0 spiro atoms. The quantitative estimate of drug-likeness (QED) is 0.786. The number of halogens is 1. The fourth-order valence-electron chi connectivity index (χ4n) is 2.82. The number of nitrogens with zero attached hydrogens (tertiary/aromatic N) is 2. The number of hydrogen-bond donors (Lipinski definition) is 0. The fraction of sp³-hybridized carbons (Fsp3) is 0.333. The van der Waals surface area contributed by atoms with Crippen LogP contribution in [0.1, 0.15) is 41.8 Å². The van der Waals surface area contributed by atoms with Crippen molar-refractivity contribution in [3.05, 3.63) is 63.4 Å². The molecule has 0 saturated heterocycles. The van der Waals surface area contributed by atoms with Crippen LogP contribution in [0.5, 0.6) is 0 Å². The van der Waals surface area contributed by atoms with E-state index in [1.165, 1.54) is 0 Å². The lowest BCUT2D eigenvalue weighted by Gasteiger charge is -2.33. The maximum absolute atomic E-state index is 9.58. The lowest BCUT2D eigenvalue weighted by molar-refractivity contribution is -0.0403. The van der Waals surface area contributed by atoms with E-state index in [1.54, 1.807) is 0 Å². The Balaban J connectivity index is 2.07. The van der Waals surface area contributed by atoms with Gasteiger partial charge in [-0.3, -0.25) is 0 Å². The fourth-order valence-corrected chi connectivity index (χ4v) is 3.11. The topological polar surface area (TPSA) is 45.9 Å². The monoisotopic (exact) mass is 312 g/mol. The summed E-state index contributed by atoms with van der Waals surface area (Å²) < 4.78 is 5.86. The first-order valence-corrected chi connectivity index (χ1v) is 7.66. The molecule has 4 heteroatoms. The van der Waals surface area contributed by atoms with E-state index < -0.39 is 0 Å². The molecular weight excluding hydrogens is 296 g/mol. The van der Waals surface area contributed by atoms with E-state index in [4.69, 9.17) is 16.3 Å². The third kappa shape index (κ3) is 2.85. The van der Waals surface area contributed by atoms with Gasteiger partial charge in [-0.2, -0.15) is 5.26 Å². The van der Waals surface area contributed by atoms with Crippen LogP contribution >= 0.6 is 11.6 Å². The summed E-state index contributed by atoms with van der Waals surface area (Å²) in [6.45, 7) is 4.46. The Hall–Kier alpha value is -1.89. The summed E-state index contributed by atoms with van der Waals surface area (Å²) in [5.74, 6) is 0. The Kier molecular flexibility index (Phi) is 3.90. The molecule has 22 heavy (non-hydrogen) atoms. The average molecular weight is 313 g/mol. The zero-order valence-electron chi connectivity index (χ0n) is 12.7. The lowest BCUT2D eigenvalue weighted by Crippen LogP contribution is -2.33. The maximum atomic E-state index is 9.58. The van der Waals surface area contributed by atoms with Gasteiger partial charge in [-0.05, 0) is 25.0 Å². The number of fused-ring (bicyclic) bond motifs is 1. The SMILES string of the molecule is CC1(C)Cc2c(Cl)nc(Cc3ccccc3)c(C#N)c2CO1. The van der Waals surface area contributed by atoms with Crippen LogP contribution in [0, 0.1) is 11.3 Å². The number of aromatic nitrogens is 1. The van der Waals surface area contributed by atoms with E-state index in [2.05, 4.69) is 11.1 Å². The molecule has 3 nitrogen and oxygen atoms in total. The molecule has 1 aliphatic rings. The zero-order chi connectivity index (χ0) is 15.7. The highest BCUT2D eigenvalue weighted by Crippen LogP contribution is 2.34. The number of rotatable bonds is 2. The summed E-state index contributed by atoms with van der Waals surface area (Å²) in [7, 11) is 0. The largest absolute Gasteiger partial charge is 0.370 e. The van der Waals surface area contributed by atoms with E-state index in [0.29, 0.717) is 30.2 Å². The van der Waals surface area contributed by atoms with Gasteiger partial charge in [0.15, 0.2) is 0 Å². The summed E-state index contributed by atoms with van der Waals surface area (Å²) >= 11 is 6.39. The molecule has 1 aromatic carbocycles. The van der Waals surface area contributed by atoms with Crippen molar-refractivity contribution in [1.29, 1.82) is 5.26 Å². The molecule has 0 amide bonds. The van der Waals surface area contributed by atoms with Crippen LogP contribution in [-0.4, -0.2) is 10.6 Å². The maximum Gasteiger partial charge on any atom is 0.133 e. The van der Waals surface area contributed by atoms with Crippen molar-refractivity contribution in [2.24, 2.45) is 0 Å². The Labute approximate surface area is 135 Å². The van der Waals surface area contributed by atoms with Gasteiger partial charge in [-0.25, -0.2) is 4.98 Å². The molecular formula is C18H17ClN2O. The molecule has 0 atom stereocenters. The van der Waals surface area contributed by atoms with Crippen LogP contribution in [0.4, 0.5) is 0 Å². The summed E-state index contributed by atoms with van der Waals surface area (Å²) in [5, 5.41) is 10.1. The summed E-state index contributed by atoms with van der Waals surface area (Å²) in [4.78, 5) is 4.51. The molecule has 112 valence electrons. The second kappa shape index (κ2) is 5.72. The summed E-state index contributed by atoms with van der Waals surface area (Å²) in [6, 6.07) is 12.3. The highest BCUT2D eigenvalue weighted by molar-refractivity contribution is 6.30. The number of pyridine rings is 1. The van der Waals surface area contributed by atoms with Gasteiger partial charge in [0, 0.05) is 18.4 Å². The van der Waals surface area contributed by atoms with Crippen LogP contribution in [-0.2, 0) is 24.2 Å². The molecule has 0 N–H and O–H groups in total. The standard InChI is InChI=1S/C18H17ClN2O/c1-18(2)9-13-15(11-22-18)14(10-20)16(21-17(13)19)8-12-6-4-3-5-7-12/h3-7H,8-9,11H2,1-2H3. The van der Waals surface area contributed by atoms with Crippen molar-refractivity contribution in [2.75, 3.05) is 0 Å². The van der Waals surface area contributed by atoms with Gasteiger partial charge < -0.3 is 4.74 Å². The third-order valence-electron chi connectivity index (χ3n) is 3.97. The van der Waals surface area contributed by atoms with Crippen molar-refractivity contribution in [1.82, 2.24) is 4.98 Å². The van der Waals surface area contributed by atoms with Gasteiger partial charge in [-0.15, -0.1) is 0 Å². The smallest absolute Gasteiger partial charge is 0.133 e. The lowest BCUT2D eigenvalue weighted by atomic mass is 9.89. The van der Waals surface area contributed by atoms with Crippen molar-refractivity contribution < 1.29 is 4.74 Å². The number of hydrogen-bond acceptors (Lipinski definition) is 3. The third-order valence-corrected chi connectivity index (χ3v) is 4.29. The van der Waals surface area contributed by atoms with Crippen molar-refractivity contribution in [3.63, 3.8) is 0 Å². The molecule has 0 saturated carbocycles. The number of ether oxygens (including phenoxy) is 1. The Morgan fingerprint density at radius 2 is 2.00 bits per heavy atom. The first-order chi connectivity index (χ1) is 10.5. The zero-order valence-corrected chi connectivity index (χ0v) is 13.4. The van der Waals surface area contributed by atoms with E-state index in [-0.39, 0.29) is 5.60 Å². The number of nitriles is 1. The first kappa shape index (κ1) is 15.0. The molecule has 0 fully saturated rings. The average Bonchev–Trinajstić information content (AvgIpc) is 2.49. The van der Waals surface area contributed by atoms with E-state index in [0.717, 1.165) is 22.4 Å². The molecule has 2 heterocycles. The summed E-state index contributed by atoms with van der Waals surface area (Å²) in [5.41, 5.74) is 4.02. The molecule has 0 radical (unpaired) electrons. The molecule has 2 aromatic rings. The molecule has 0 unspecified atom stereocenters. The molecule has 1 aliphatic heterocycles. The number of benzene rings is 1. The minimum absolute atomic E-state index is 0.272. The van der Waals surface area contributed by atoms with Crippen molar-refractivity contribution >= 4 is 11.6 Å². The van der Waals surface area contributed by atoms with Crippen LogP contribution in [0.2, 0.25) is 5.15 Å². The Morgan fingerprint density at radius 1 is 1.27 bits per heavy atom. The van der Waals surface area contributed by atoms with Gasteiger partial charge in [0.1, 0.15) is 11.2 Å². The van der Waals surface area contributed by atoms with Gasteiger partial charge in [-0.1, -0.05) is 41.9 Å². The van der Waals surface area contributed by atoms with Crippen LogP contribution in [0.3, 0.4) is 0 Å². The highest BCUT2D eigenvalue weighted by atomic mass is 35.5. The predicted molar refractivity (Wildman–Crippen MR) is 85.8 cm³/mol. The molecule has 0 bridgehead atoms. The van der Waals surface area contributed by atoms with Gasteiger partial charge in [0.2, 0.25) is 0 Å². The minimum Gasteiger partial charge on any atom is -0.370 e. The molecule has 1 aromatic heterocycles. The molecule has 0 aliphatic carbocycles. The van der Waals surface area contributed by atoms with Crippen molar-refractivity contribution in [3.8, 4) is 6.07 Å². The van der Waals surface area contributed by atoms with Gasteiger partial charge in [0.05, 0.1) is 23.5 Å². The van der Waals surface area contributed by atoms with Gasteiger partial charge >= 0.3 is 0 Å². The van der Waals surface area contributed by atoms with E-state index in [9.17, 15) is 5.26 Å². The van der Waals surface area contributed by atoms with Gasteiger partial charge in [0.25, 0.3) is 0 Å². The van der Waals surface area contributed by atoms with E-state index >= 15 is 0 Å². The van der Waals surface area contributed by atoms with Crippen LogP contribution < -0.4 is 0 Å². The Bertz CT molecular complexity index is 748. The molecule has 3 rings (SSSR count). The highest BCUT2D eigenvalue weighted by Gasteiger charge is 2.31. The van der Waals surface area contributed by atoms with Crippen LogP contribution in [0.25, 0.3) is 0 Å². The normalized spacial score (nSPS) is 15.9. The van der Waals surface area contributed by atoms with Crippen LogP contribution in [0.15, 0.2) is 30.3 Å². The minimum atomic E-state index is -0.272. The van der Waals surface area contributed by atoms with E-state index in [1.807, 2.05) is 44.2 Å². The first-order valence-electron chi connectivity index (χ1n) is 7.28. The second-order valence-electron chi connectivity index (χ2n) is 6.18.